The highest BCUT2D eigenvalue weighted by atomic mass is 19.4. The maximum Gasteiger partial charge on any atom is 0.416 e. The first-order chi connectivity index (χ1) is 11.9. The lowest BCUT2D eigenvalue weighted by Gasteiger charge is -2.33. The molecule has 2 heterocycles. The molecule has 1 aliphatic rings. The molecule has 0 atom stereocenters. The number of pyridine rings is 1. The van der Waals surface area contributed by atoms with E-state index in [1.54, 1.807) is 38.7 Å². The summed E-state index contributed by atoms with van der Waals surface area (Å²) in [7, 11) is 3.08. The number of nitrogens with zero attached hydrogens (tertiary/aromatic N) is 2. The van der Waals surface area contributed by atoms with Gasteiger partial charge in [-0.25, -0.2) is 0 Å². The molecular formula is C18H19F3N2O2. The van der Waals surface area contributed by atoms with E-state index in [-0.39, 0.29) is 0 Å². The maximum absolute atomic E-state index is 13.0. The van der Waals surface area contributed by atoms with Crippen molar-refractivity contribution in [1.82, 2.24) is 4.98 Å². The molecule has 0 N–H and O–H groups in total. The molecule has 7 heteroatoms. The molecule has 2 aromatic rings. The third kappa shape index (κ3) is 3.62. The number of ether oxygens (including phenoxy) is 2. The van der Waals surface area contributed by atoms with Gasteiger partial charge in [0.05, 0.1) is 17.4 Å². The standard InChI is InChI=1S/C18H19F3N2O2/c1-24-17(25-2)15-5-7-22-10-16(15)23-8-6-12-3-4-14(18(19,20)21)9-13(12)11-23/h3-5,7,9-10,17H,6,8,11H2,1-2H3. The Morgan fingerprint density at radius 2 is 1.88 bits per heavy atom. The van der Waals surface area contributed by atoms with Crippen LogP contribution in [-0.4, -0.2) is 25.7 Å². The number of fused-ring (bicyclic) bond motifs is 1. The van der Waals surface area contributed by atoms with Crippen molar-refractivity contribution in [3.63, 3.8) is 0 Å². The second-order valence-corrected chi connectivity index (χ2v) is 5.89. The number of alkyl halides is 3. The number of benzene rings is 1. The monoisotopic (exact) mass is 352 g/mol. The number of aromatic nitrogens is 1. The van der Waals surface area contributed by atoms with E-state index in [1.807, 2.05) is 4.90 Å². The Kier molecular flexibility index (Phi) is 4.96. The Balaban J connectivity index is 1.93. The normalized spacial score (nSPS) is 14.7. The van der Waals surface area contributed by atoms with Crippen molar-refractivity contribution in [1.29, 1.82) is 0 Å². The highest BCUT2D eigenvalue weighted by Crippen LogP contribution is 2.35. The SMILES string of the molecule is COC(OC)c1ccncc1N1CCc2ccc(C(F)(F)F)cc2C1. The molecule has 1 aliphatic heterocycles. The van der Waals surface area contributed by atoms with Crippen LogP contribution in [0.25, 0.3) is 0 Å². The maximum atomic E-state index is 13.0. The largest absolute Gasteiger partial charge is 0.416 e. The Morgan fingerprint density at radius 1 is 1.12 bits per heavy atom. The summed E-state index contributed by atoms with van der Waals surface area (Å²) in [6.45, 7) is 1.08. The van der Waals surface area contributed by atoms with E-state index in [4.69, 9.17) is 9.47 Å². The van der Waals surface area contributed by atoms with E-state index in [2.05, 4.69) is 4.98 Å². The summed E-state index contributed by atoms with van der Waals surface area (Å²) < 4.78 is 49.6. The molecule has 0 fully saturated rings. The molecule has 0 radical (unpaired) electrons. The average Bonchev–Trinajstić information content (AvgIpc) is 2.61. The number of hydrogen-bond donors (Lipinski definition) is 0. The van der Waals surface area contributed by atoms with E-state index >= 15 is 0 Å². The van der Waals surface area contributed by atoms with Gasteiger partial charge in [-0.2, -0.15) is 13.2 Å². The Morgan fingerprint density at radius 3 is 2.56 bits per heavy atom. The van der Waals surface area contributed by atoms with Gasteiger partial charge in [-0.15, -0.1) is 0 Å². The first kappa shape index (κ1) is 17.7. The van der Waals surface area contributed by atoms with Crippen molar-refractivity contribution >= 4 is 5.69 Å². The second-order valence-electron chi connectivity index (χ2n) is 5.89. The van der Waals surface area contributed by atoms with Crippen molar-refractivity contribution in [3.05, 3.63) is 58.9 Å². The van der Waals surface area contributed by atoms with Gasteiger partial charge in [-0.1, -0.05) is 6.07 Å². The predicted octanol–water partition coefficient (Wildman–Crippen LogP) is 3.95. The fourth-order valence-corrected chi connectivity index (χ4v) is 3.15. The molecule has 134 valence electrons. The van der Waals surface area contributed by atoms with Crippen LogP contribution in [0.15, 0.2) is 36.7 Å². The molecular weight excluding hydrogens is 333 g/mol. The summed E-state index contributed by atoms with van der Waals surface area (Å²) >= 11 is 0. The molecule has 3 rings (SSSR count). The molecule has 0 amide bonds. The summed E-state index contributed by atoms with van der Waals surface area (Å²) in [5.74, 6) is 0. The van der Waals surface area contributed by atoms with Gasteiger partial charge in [0.25, 0.3) is 0 Å². The van der Waals surface area contributed by atoms with Crippen LogP contribution in [0.1, 0.15) is 28.5 Å². The molecule has 25 heavy (non-hydrogen) atoms. The summed E-state index contributed by atoms with van der Waals surface area (Å²) in [6.07, 6.45) is -0.885. The lowest BCUT2D eigenvalue weighted by atomic mass is 9.96. The zero-order valence-corrected chi connectivity index (χ0v) is 14.0. The Hall–Kier alpha value is -2.12. The zero-order chi connectivity index (χ0) is 18.0. The second kappa shape index (κ2) is 7.01. The van der Waals surface area contributed by atoms with Crippen molar-refractivity contribution in [3.8, 4) is 0 Å². The van der Waals surface area contributed by atoms with Gasteiger partial charge < -0.3 is 14.4 Å². The van der Waals surface area contributed by atoms with E-state index in [1.165, 1.54) is 6.07 Å². The highest BCUT2D eigenvalue weighted by molar-refractivity contribution is 5.55. The molecule has 0 saturated carbocycles. The fourth-order valence-electron chi connectivity index (χ4n) is 3.15. The average molecular weight is 352 g/mol. The summed E-state index contributed by atoms with van der Waals surface area (Å²) in [6, 6.07) is 5.76. The molecule has 0 saturated heterocycles. The lowest BCUT2D eigenvalue weighted by molar-refractivity contribution is -0.137. The van der Waals surface area contributed by atoms with Crippen LogP contribution in [0.2, 0.25) is 0 Å². The van der Waals surface area contributed by atoms with Crippen LogP contribution in [0.4, 0.5) is 18.9 Å². The smallest absolute Gasteiger partial charge is 0.365 e. The predicted molar refractivity (Wildman–Crippen MR) is 87.2 cm³/mol. The Labute approximate surface area is 144 Å². The van der Waals surface area contributed by atoms with Crippen molar-refractivity contribution in [2.75, 3.05) is 25.7 Å². The van der Waals surface area contributed by atoms with Gasteiger partial charge in [-0.3, -0.25) is 4.98 Å². The zero-order valence-electron chi connectivity index (χ0n) is 14.0. The summed E-state index contributed by atoms with van der Waals surface area (Å²) in [5.41, 5.74) is 2.62. The van der Waals surface area contributed by atoms with E-state index in [0.717, 1.165) is 22.9 Å². The van der Waals surface area contributed by atoms with E-state index < -0.39 is 18.0 Å². The van der Waals surface area contributed by atoms with Crippen LogP contribution in [-0.2, 0) is 28.6 Å². The first-order valence-electron chi connectivity index (χ1n) is 7.87. The molecule has 4 nitrogen and oxygen atoms in total. The van der Waals surface area contributed by atoms with Crippen molar-refractivity contribution < 1.29 is 22.6 Å². The minimum Gasteiger partial charge on any atom is -0.365 e. The number of rotatable bonds is 4. The third-order valence-electron chi connectivity index (χ3n) is 4.40. The van der Waals surface area contributed by atoms with E-state index in [9.17, 15) is 13.2 Å². The third-order valence-corrected chi connectivity index (χ3v) is 4.40. The van der Waals surface area contributed by atoms with Crippen LogP contribution in [0.3, 0.4) is 0 Å². The highest BCUT2D eigenvalue weighted by Gasteiger charge is 2.32. The number of methoxy groups -OCH3 is 2. The van der Waals surface area contributed by atoms with Gasteiger partial charge in [0.1, 0.15) is 0 Å². The quantitative estimate of drug-likeness (QED) is 0.781. The van der Waals surface area contributed by atoms with Gasteiger partial charge in [-0.05, 0) is 35.7 Å². The van der Waals surface area contributed by atoms with Crippen LogP contribution >= 0.6 is 0 Å². The number of hydrogen-bond acceptors (Lipinski definition) is 4. The van der Waals surface area contributed by atoms with Gasteiger partial charge in [0, 0.05) is 39.1 Å². The van der Waals surface area contributed by atoms with Gasteiger partial charge in [0.15, 0.2) is 6.29 Å². The lowest BCUT2D eigenvalue weighted by Crippen LogP contribution is -2.32. The van der Waals surface area contributed by atoms with Gasteiger partial charge >= 0.3 is 6.18 Å². The first-order valence-corrected chi connectivity index (χ1v) is 7.87. The summed E-state index contributed by atoms with van der Waals surface area (Å²) in [5, 5.41) is 0. The van der Waals surface area contributed by atoms with Crippen molar-refractivity contribution in [2.24, 2.45) is 0 Å². The number of halogens is 3. The van der Waals surface area contributed by atoms with Crippen LogP contribution in [0.5, 0.6) is 0 Å². The summed E-state index contributed by atoms with van der Waals surface area (Å²) in [4.78, 5) is 6.16. The Bertz CT molecular complexity index is 745. The van der Waals surface area contributed by atoms with Gasteiger partial charge in [0.2, 0.25) is 0 Å². The molecule has 0 bridgehead atoms. The van der Waals surface area contributed by atoms with E-state index in [0.29, 0.717) is 25.1 Å². The minimum absolute atomic E-state index is 0.387. The van der Waals surface area contributed by atoms with Crippen LogP contribution < -0.4 is 4.90 Å². The molecule has 1 aromatic carbocycles. The van der Waals surface area contributed by atoms with Crippen molar-refractivity contribution in [2.45, 2.75) is 25.4 Å². The minimum atomic E-state index is -4.34. The molecule has 0 aliphatic carbocycles. The fraction of sp³-hybridized carbons (Fsp3) is 0.389. The molecule has 0 spiro atoms. The molecule has 0 unspecified atom stereocenters. The topological polar surface area (TPSA) is 34.6 Å². The van der Waals surface area contributed by atoms with Crippen LogP contribution in [0, 0.1) is 0 Å². The number of anilines is 1. The molecule has 1 aromatic heterocycles.